The molecule has 0 radical (unpaired) electrons. The first-order valence-electron chi connectivity index (χ1n) is 6.33. The van der Waals surface area contributed by atoms with Crippen molar-refractivity contribution in [1.29, 1.82) is 0 Å². The van der Waals surface area contributed by atoms with Crippen LogP contribution in [0.15, 0.2) is 0 Å². The summed E-state index contributed by atoms with van der Waals surface area (Å²) in [6.07, 6.45) is 3.45. The van der Waals surface area contributed by atoms with Crippen LogP contribution in [0.5, 0.6) is 0 Å². The van der Waals surface area contributed by atoms with Gasteiger partial charge in [0, 0.05) is 13.1 Å². The first-order chi connectivity index (χ1) is 8.53. The maximum atomic E-state index is 11.4. The van der Waals surface area contributed by atoms with Gasteiger partial charge in [-0.25, -0.2) is 0 Å². The SMILES string of the molecule is CCC1(CC)CCN(c2snc(N)c2C(N)=O)C1. The molecular weight excluding hydrogens is 248 g/mol. The topological polar surface area (TPSA) is 85.2 Å². The predicted octanol–water partition coefficient (Wildman–Crippen LogP) is 1.84. The van der Waals surface area contributed by atoms with E-state index in [1.165, 1.54) is 11.5 Å². The van der Waals surface area contributed by atoms with E-state index in [-0.39, 0.29) is 5.82 Å². The van der Waals surface area contributed by atoms with Crippen molar-refractivity contribution in [2.75, 3.05) is 23.7 Å². The Morgan fingerprint density at radius 1 is 1.50 bits per heavy atom. The Balaban J connectivity index is 2.27. The van der Waals surface area contributed by atoms with Gasteiger partial charge in [0.25, 0.3) is 5.91 Å². The van der Waals surface area contributed by atoms with E-state index < -0.39 is 5.91 Å². The van der Waals surface area contributed by atoms with Crippen LogP contribution in [0.25, 0.3) is 0 Å². The Morgan fingerprint density at radius 3 is 2.67 bits per heavy atom. The number of hydrogen-bond acceptors (Lipinski definition) is 5. The van der Waals surface area contributed by atoms with Gasteiger partial charge in [-0.15, -0.1) is 0 Å². The Hall–Kier alpha value is -1.30. The number of carbonyl (C=O) groups excluding carboxylic acids is 1. The highest BCUT2D eigenvalue weighted by molar-refractivity contribution is 7.11. The zero-order chi connectivity index (χ0) is 13.3. The maximum absolute atomic E-state index is 11.4. The van der Waals surface area contributed by atoms with Crippen molar-refractivity contribution in [2.24, 2.45) is 11.1 Å². The number of hydrogen-bond donors (Lipinski definition) is 2. The molecule has 1 aliphatic rings. The molecule has 100 valence electrons. The monoisotopic (exact) mass is 268 g/mol. The van der Waals surface area contributed by atoms with Crippen LogP contribution in [0.2, 0.25) is 0 Å². The van der Waals surface area contributed by atoms with E-state index in [0.717, 1.165) is 37.4 Å². The lowest BCUT2D eigenvalue weighted by Crippen LogP contribution is -2.27. The number of amides is 1. The molecule has 1 saturated heterocycles. The fourth-order valence-corrected chi connectivity index (χ4v) is 3.52. The molecule has 0 aromatic carbocycles. The number of primary amides is 1. The second-order valence-electron chi connectivity index (χ2n) is 4.99. The van der Waals surface area contributed by atoms with Gasteiger partial charge in [0.15, 0.2) is 5.82 Å². The third-order valence-electron chi connectivity index (χ3n) is 4.17. The van der Waals surface area contributed by atoms with Crippen LogP contribution in [0.1, 0.15) is 43.5 Å². The zero-order valence-electron chi connectivity index (χ0n) is 10.9. The van der Waals surface area contributed by atoms with Crippen LogP contribution in [0.3, 0.4) is 0 Å². The third-order valence-corrected chi connectivity index (χ3v) is 5.10. The van der Waals surface area contributed by atoms with Crippen molar-refractivity contribution in [3.05, 3.63) is 5.56 Å². The lowest BCUT2D eigenvalue weighted by atomic mass is 9.82. The number of nitrogen functional groups attached to an aromatic ring is 1. The van der Waals surface area contributed by atoms with E-state index >= 15 is 0 Å². The van der Waals surface area contributed by atoms with E-state index in [4.69, 9.17) is 11.5 Å². The maximum Gasteiger partial charge on any atom is 0.255 e. The number of aromatic nitrogens is 1. The van der Waals surface area contributed by atoms with E-state index in [1.54, 1.807) is 0 Å². The average Bonchev–Trinajstić information content (AvgIpc) is 2.93. The lowest BCUT2D eigenvalue weighted by molar-refractivity contribution is 0.100. The highest BCUT2D eigenvalue weighted by atomic mass is 32.1. The summed E-state index contributed by atoms with van der Waals surface area (Å²) >= 11 is 1.27. The van der Waals surface area contributed by atoms with Crippen LogP contribution in [-0.4, -0.2) is 23.4 Å². The Morgan fingerprint density at radius 2 is 2.17 bits per heavy atom. The van der Waals surface area contributed by atoms with Crippen LogP contribution < -0.4 is 16.4 Å². The number of nitrogens with two attached hydrogens (primary N) is 2. The van der Waals surface area contributed by atoms with E-state index in [1.807, 2.05) is 0 Å². The smallest absolute Gasteiger partial charge is 0.255 e. The van der Waals surface area contributed by atoms with E-state index in [2.05, 4.69) is 23.1 Å². The number of nitrogens with zero attached hydrogens (tertiary/aromatic N) is 2. The largest absolute Gasteiger partial charge is 0.382 e. The molecule has 0 aliphatic carbocycles. The van der Waals surface area contributed by atoms with Crippen LogP contribution in [0.4, 0.5) is 10.8 Å². The van der Waals surface area contributed by atoms with Crippen molar-refractivity contribution in [3.63, 3.8) is 0 Å². The second kappa shape index (κ2) is 4.76. The summed E-state index contributed by atoms with van der Waals surface area (Å²) in [5.74, 6) is -0.227. The molecule has 2 rings (SSSR count). The summed E-state index contributed by atoms with van der Waals surface area (Å²) in [4.78, 5) is 13.7. The Labute approximate surface area is 111 Å². The van der Waals surface area contributed by atoms with Gasteiger partial charge in [-0.05, 0) is 36.2 Å². The first kappa shape index (κ1) is 13.1. The molecular formula is C12H20N4OS. The normalized spacial score (nSPS) is 18.2. The van der Waals surface area contributed by atoms with Gasteiger partial charge in [0.1, 0.15) is 10.6 Å². The molecule has 0 spiro atoms. The molecule has 6 heteroatoms. The van der Waals surface area contributed by atoms with Crippen LogP contribution >= 0.6 is 11.5 Å². The molecule has 4 N–H and O–H groups in total. The highest BCUT2D eigenvalue weighted by Gasteiger charge is 2.37. The fraction of sp³-hybridized carbons (Fsp3) is 0.667. The lowest BCUT2D eigenvalue weighted by Gasteiger charge is -2.26. The van der Waals surface area contributed by atoms with Gasteiger partial charge in [0.2, 0.25) is 0 Å². The number of rotatable bonds is 4. The van der Waals surface area contributed by atoms with Gasteiger partial charge >= 0.3 is 0 Å². The summed E-state index contributed by atoms with van der Waals surface area (Å²) in [5.41, 5.74) is 11.8. The molecule has 18 heavy (non-hydrogen) atoms. The zero-order valence-corrected chi connectivity index (χ0v) is 11.7. The minimum atomic E-state index is -0.484. The predicted molar refractivity (Wildman–Crippen MR) is 74.9 cm³/mol. The molecule has 0 saturated carbocycles. The molecule has 1 fully saturated rings. The summed E-state index contributed by atoms with van der Waals surface area (Å²) in [5, 5.41) is 0.837. The molecule has 1 aromatic heterocycles. The van der Waals surface area contributed by atoms with Gasteiger partial charge in [-0.3, -0.25) is 4.79 Å². The van der Waals surface area contributed by atoms with Crippen LogP contribution in [0, 0.1) is 5.41 Å². The highest BCUT2D eigenvalue weighted by Crippen LogP contribution is 2.42. The number of carbonyl (C=O) groups is 1. The van der Waals surface area contributed by atoms with Gasteiger partial charge in [-0.1, -0.05) is 13.8 Å². The fourth-order valence-electron chi connectivity index (χ4n) is 2.68. The van der Waals surface area contributed by atoms with Crippen molar-refractivity contribution in [2.45, 2.75) is 33.1 Å². The van der Waals surface area contributed by atoms with Crippen molar-refractivity contribution >= 4 is 28.3 Å². The summed E-state index contributed by atoms with van der Waals surface area (Å²) < 4.78 is 4.06. The Kier molecular flexibility index (Phi) is 3.47. The van der Waals surface area contributed by atoms with Gasteiger partial charge < -0.3 is 16.4 Å². The minimum Gasteiger partial charge on any atom is -0.382 e. The summed E-state index contributed by atoms with van der Waals surface area (Å²) in [6, 6.07) is 0. The molecule has 0 atom stereocenters. The van der Waals surface area contributed by atoms with Crippen LogP contribution in [-0.2, 0) is 0 Å². The van der Waals surface area contributed by atoms with Gasteiger partial charge in [0.05, 0.1) is 0 Å². The quantitative estimate of drug-likeness (QED) is 0.872. The molecule has 2 heterocycles. The second-order valence-corrected chi connectivity index (χ2v) is 5.74. The van der Waals surface area contributed by atoms with Crippen molar-refractivity contribution in [3.8, 4) is 0 Å². The molecule has 5 nitrogen and oxygen atoms in total. The van der Waals surface area contributed by atoms with Gasteiger partial charge in [-0.2, -0.15) is 4.37 Å². The summed E-state index contributed by atoms with van der Waals surface area (Å²) in [6.45, 7) is 6.36. The molecule has 0 unspecified atom stereocenters. The Bertz CT molecular complexity index is 453. The van der Waals surface area contributed by atoms with Crippen molar-refractivity contribution in [1.82, 2.24) is 4.37 Å². The van der Waals surface area contributed by atoms with E-state index in [0.29, 0.717) is 11.0 Å². The van der Waals surface area contributed by atoms with Crippen molar-refractivity contribution < 1.29 is 4.79 Å². The molecule has 1 amide bonds. The minimum absolute atomic E-state index is 0.257. The third kappa shape index (κ3) is 2.05. The number of anilines is 2. The average molecular weight is 268 g/mol. The molecule has 1 aromatic rings. The molecule has 0 bridgehead atoms. The first-order valence-corrected chi connectivity index (χ1v) is 7.10. The summed E-state index contributed by atoms with van der Waals surface area (Å²) in [7, 11) is 0. The standard InChI is InChI=1S/C12H20N4OS/c1-3-12(4-2)5-6-16(7-12)11-8(10(14)17)9(13)15-18-11/h3-7H2,1-2H3,(H2,13,15)(H2,14,17). The van der Waals surface area contributed by atoms with E-state index in [9.17, 15) is 4.79 Å². The molecule has 1 aliphatic heterocycles.